The second-order valence-electron chi connectivity index (χ2n) is 6.33. The maximum atomic E-state index is 6.13. The summed E-state index contributed by atoms with van der Waals surface area (Å²) >= 11 is 3.68. The van der Waals surface area contributed by atoms with Crippen LogP contribution in [0, 0.1) is 0 Å². The molecule has 0 aliphatic carbocycles. The van der Waals surface area contributed by atoms with Gasteiger partial charge < -0.3 is 4.74 Å². The topological polar surface area (TPSA) is 9.23 Å². The summed E-state index contributed by atoms with van der Waals surface area (Å²) in [4.78, 5) is 0. The van der Waals surface area contributed by atoms with E-state index < -0.39 is 0 Å². The van der Waals surface area contributed by atoms with Crippen LogP contribution in [-0.2, 0) is 18.4 Å². The average molecular weight is 347 g/mol. The zero-order chi connectivity index (χ0) is 15.5. The van der Waals surface area contributed by atoms with Crippen molar-refractivity contribution in [3.05, 3.63) is 63.6 Å². The Labute approximate surface area is 136 Å². The van der Waals surface area contributed by atoms with Gasteiger partial charge >= 0.3 is 0 Å². The quantitative estimate of drug-likeness (QED) is 0.670. The molecule has 0 unspecified atom stereocenters. The van der Waals surface area contributed by atoms with E-state index in [4.69, 9.17) is 4.74 Å². The van der Waals surface area contributed by atoms with Crippen molar-refractivity contribution in [2.45, 2.75) is 46.1 Å². The highest BCUT2D eigenvalue weighted by Gasteiger charge is 2.22. The SMILES string of the molecule is CCc1cc(Br)c(OCc2ccccc2)c(C(C)(C)C)c1. The molecule has 1 nitrogen and oxygen atoms in total. The smallest absolute Gasteiger partial charge is 0.137 e. The Kier molecular flexibility index (Phi) is 5.10. The van der Waals surface area contributed by atoms with Crippen LogP contribution in [0.3, 0.4) is 0 Å². The Morgan fingerprint density at radius 2 is 1.67 bits per heavy atom. The summed E-state index contributed by atoms with van der Waals surface area (Å²) in [6.07, 6.45) is 1.03. The fourth-order valence-corrected chi connectivity index (χ4v) is 2.91. The van der Waals surface area contributed by atoms with Crippen LogP contribution >= 0.6 is 15.9 Å². The lowest BCUT2D eigenvalue weighted by molar-refractivity contribution is 0.295. The number of rotatable bonds is 4. The van der Waals surface area contributed by atoms with Crippen molar-refractivity contribution in [1.29, 1.82) is 0 Å². The molecule has 0 saturated carbocycles. The van der Waals surface area contributed by atoms with Crippen molar-refractivity contribution in [2.75, 3.05) is 0 Å². The Morgan fingerprint density at radius 1 is 1.00 bits per heavy atom. The van der Waals surface area contributed by atoms with Gasteiger partial charge in [-0.25, -0.2) is 0 Å². The molecule has 0 atom stereocenters. The van der Waals surface area contributed by atoms with Gasteiger partial charge in [-0.1, -0.05) is 64.1 Å². The maximum absolute atomic E-state index is 6.13. The molecule has 0 bridgehead atoms. The molecule has 2 aromatic carbocycles. The number of hydrogen-bond acceptors (Lipinski definition) is 1. The maximum Gasteiger partial charge on any atom is 0.137 e. The molecule has 0 spiro atoms. The van der Waals surface area contributed by atoms with E-state index in [1.54, 1.807) is 0 Å². The van der Waals surface area contributed by atoms with Gasteiger partial charge in [-0.15, -0.1) is 0 Å². The van der Waals surface area contributed by atoms with Crippen molar-refractivity contribution >= 4 is 15.9 Å². The van der Waals surface area contributed by atoms with Gasteiger partial charge in [0.1, 0.15) is 12.4 Å². The molecule has 0 aliphatic rings. The van der Waals surface area contributed by atoms with E-state index in [1.165, 1.54) is 16.7 Å². The van der Waals surface area contributed by atoms with Crippen LogP contribution in [0.1, 0.15) is 44.4 Å². The van der Waals surface area contributed by atoms with Crippen LogP contribution in [0.25, 0.3) is 0 Å². The van der Waals surface area contributed by atoms with E-state index in [1.807, 2.05) is 18.2 Å². The Balaban J connectivity index is 2.33. The summed E-state index contributed by atoms with van der Waals surface area (Å²) in [5.41, 5.74) is 3.83. The number of aryl methyl sites for hydroxylation is 1. The molecule has 0 aromatic heterocycles. The predicted molar refractivity (Wildman–Crippen MR) is 93.0 cm³/mol. The van der Waals surface area contributed by atoms with Gasteiger partial charge in [-0.2, -0.15) is 0 Å². The Bertz CT molecular complexity index is 597. The Morgan fingerprint density at radius 3 is 2.24 bits per heavy atom. The van der Waals surface area contributed by atoms with Gasteiger partial charge in [0.05, 0.1) is 4.47 Å². The third-order valence-corrected chi connectivity index (χ3v) is 4.13. The summed E-state index contributed by atoms with van der Waals surface area (Å²) in [6.45, 7) is 9.45. The highest BCUT2D eigenvalue weighted by molar-refractivity contribution is 9.10. The molecule has 2 aromatic rings. The van der Waals surface area contributed by atoms with Crippen LogP contribution in [0.5, 0.6) is 5.75 Å². The molecule has 2 rings (SSSR count). The molecular formula is C19H23BrO. The van der Waals surface area contributed by atoms with E-state index in [-0.39, 0.29) is 5.41 Å². The minimum absolute atomic E-state index is 0.0553. The summed E-state index contributed by atoms with van der Waals surface area (Å²) in [6, 6.07) is 14.7. The number of benzene rings is 2. The second-order valence-corrected chi connectivity index (χ2v) is 7.19. The van der Waals surface area contributed by atoms with E-state index in [2.05, 4.69) is 67.9 Å². The van der Waals surface area contributed by atoms with Gasteiger partial charge in [-0.05, 0) is 45.0 Å². The van der Waals surface area contributed by atoms with Gasteiger partial charge in [0.15, 0.2) is 0 Å². The molecule has 0 saturated heterocycles. The third kappa shape index (κ3) is 4.10. The number of ether oxygens (including phenoxy) is 1. The largest absolute Gasteiger partial charge is 0.487 e. The lowest BCUT2D eigenvalue weighted by Crippen LogP contribution is -2.14. The summed E-state index contributed by atoms with van der Waals surface area (Å²) < 4.78 is 7.18. The normalized spacial score (nSPS) is 11.5. The summed E-state index contributed by atoms with van der Waals surface area (Å²) in [5.74, 6) is 0.962. The Hall–Kier alpha value is -1.28. The minimum atomic E-state index is 0.0553. The van der Waals surface area contributed by atoms with E-state index in [0.29, 0.717) is 6.61 Å². The number of halogens is 1. The minimum Gasteiger partial charge on any atom is -0.487 e. The van der Waals surface area contributed by atoms with E-state index >= 15 is 0 Å². The van der Waals surface area contributed by atoms with Crippen LogP contribution < -0.4 is 4.74 Å². The van der Waals surface area contributed by atoms with Crippen molar-refractivity contribution < 1.29 is 4.74 Å². The summed E-state index contributed by atoms with van der Waals surface area (Å²) in [5, 5.41) is 0. The van der Waals surface area contributed by atoms with Crippen LogP contribution in [0.4, 0.5) is 0 Å². The van der Waals surface area contributed by atoms with Crippen molar-refractivity contribution in [3.63, 3.8) is 0 Å². The first-order valence-electron chi connectivity index (χ1n) is 7.41. The van der Waals surface area contributed by atoms with Crippen molar-refractivity contribution in [2.24, 2.45) is 0 Å². The van der Waals surface area contributed by atoms with E-state index in [9.17, 15) is 0 Å². The molecule has 21 heavy (non-hydrogen) atoms. The predicted octanol–water partition coefficient (Wildman–Crippen LogP) is 5.89. The molecular weight excluding hydrogens is 324 g/mol. The van der Waals surface area contributed by atoms with Gasteiger partial charge in [0.25, 0.3) is 0 Å². The fraction of sp³-hybridized carbons (Fsp3) is 0.368. The van der Waals surface area contributed by atoms with Crippen LogP contribution in [0.15, 0.2) is 46.9 Å². The van der Waals surface area contributed by atoms with Crippen LogP contribution in [0.2, 0.25) is 0 Å². The lowest BCUT2D eigenvalue weighted by atomic mass is 9.85. The lowest BCUT2D eigenvalue weighted by Gasteiger charge is -2.25. The van der Waals surface area contributed by atoms with Gasteiger partial charge in [-0.3, -0.25) is 0 Å². The monoisotopic (exact) mass is 346 g/mol. The first kappa shape index (κ1) is 16.1. The molecule has 0 heterocycles. The molecule has 0 N–H and O–H groups in total. The zero-order valence-corrected chi connectivity index (χ0v) is 14.8. The molecule has 0 radical (unpaired) electrons. The second kappa shape index (κ2) is 6.65. The zero-order valence-electron chi connectivity index (χ0n) is 13.2. The van der Waals surface area contributed by atoms with Crippen molar-refractivity contribution in [3.8, 4) is 5.75 Å². The molecule has 0 amide bonds. The fourth-order valence-electron chi connectivity index (χ4n) is 2.29. The highest BCUT2D eigenvalue weighted by atomic mass is 79.9. The third-order valence-electron chi connectivity index (χ3n) is 3.55. The van der Waals surface area contributed by atoms with Crippen molar-refractivity contribution in [1.82, 2.24) is 0 Å². The van der Waals surface area contributed by atoms with Crippen LogP contribution in [-0.4, -0.2) is 0 Å². The van der Waals surface area contributed by atoms with Gasteiger partial charge in [0, 0.05) is 5.56 Å². The first-order chi connectivity index (χ1) is 9.91. The molecule has 0 aliphatic heterocycles. The average Bonchev–Trinajstić information content (AvgIpc) is 2.45. The summed E-state index contributed by atoms with van der Waals surface area (Å²) in [7, 11) is 0. The highest BCUT2D eigenvalue weighted by Crippen LogP contribution is 2.38. The van der Waals surface area contributed by atoms with E-state index in [0.717, 1.165) is 16.6 Å². The standard InChI is InChI=1S/C19H23BrO/c1-5-14-11-16(19(2,3)4)18(17(20)12-14)21-13-15-9-7-6-8-10-15/h6-12H,5,13H2,1-4H3. The molecule has 2 heteroatoms. The van der Waals surface area contributed by atoms with Gasteiger partial charge in [0.2, 0.25) is 0 Å². The molecule has 112 valence electrons. The number of hydrogen-bond donors (Lipinski definition) is 0. The first-order valence-corrected chi connectivity index (χ1v) is 8.20. The molecule has 0 fully saturated rings.